The van der Waals surface area contributed by atoms with Crippen molar-refractivity contribution in [3.8, 4) is 17.2 Å². The van der Waals surface area contributed by atoms with Gasteiger partial charge in [0.05, 0.1) is 14.2 Å². The van der Waals surface area contributed by atoms with E-state index in [0.717, 1.165) is 48.9 Å². The standard InChI is InChI=1S/C25H24FNO5S/c1-30-20-6-7-22-16(10-20)8-9-27-15-18-13-24(31-2)25(12-17(18)11-23(22)27)32-33(28,29)21-5-3-4-19(26)14-21/h3-7,10,12-14,23H,8-9,11,15H2,1-2H3. The lowest BCUT2D eigenvalue weighted by atomic mass is 9.84. The zero-order valence-corrected chi connectivity index (χ0v) is 19.2. The minimum atomic E-state index is -4.22. The first kappa shape index (κ1) is 21.7. The normalized spacial score (nSPS) is 17.5. The van der Waals surface area contributed by atoms with Gasteiger partial charge in [-0.25, -0.2) is 4.39 Å². The van der Waals surface area contributed by atoms with Gasteiger partial charge in [0.2, 0.25) is 0 Å². The van der Waals surface area contributed by atoms with E-state index >= 15 is 0 Å². The molecule has 33 heavy (non-hydrogen) atoms. The highest BCUT2D eigenvalue weighted by Gasteiger charge is 2.33. The van der Waals surface area contributed by atoms with E-state index in [1.807, 2.05) is 12.1 Å². The number of methoxy groups -OCH3 is 2. The van der Waals surface area contributed by atoms with Gasteiger partial charge >= 0.3 is 10.1 Å². The van der Waals surface area contributed by atoms with Crippen LogP contribution in [0.3, 0.4) is 0 Å². The molecule has 3 aromatic rings. The van der Waals surface area contributed by atoms with Gasteiger partial charge < -0.3 is 13.7 Å². The second-order valence-electron chi connectivity index (χ2n) is 8.27. The first-order valence-corrected chi connectivity index (χ1v) is 12.1. The van der Waals surface area contributed by atoms with Crippen LogP contribution in [0.15, 0.2) is 59.5 Å². The van der Waals surface area contributed by atoms with Crippen LogP contribution < -0.4 is 13.7 Å². The quantitative estimate of drug-likeness (QED) is 0.520. The number of fused-ring (bicyclic) bond motifs is 4. The van der Waals surface area contributed by atoms with Gasteiger partial charge in [0, 0.05) is 19.1 Å². The van der Waals surface area contributed by atoms with E-state index in [-0.39, 0.29) is 16.7 Å². The minimum Gasteiger partial charge on any atom is -0.497 e. The summed E-state index contributed by atoms with van der Waals surface area (Å²) in [6.07, 6.45) is 1.66. The van der Waals surface area contributed by atoms with Crippen molar-refractivity contribution < 1.29 is 26.5 Å². The van der Waals surface area contributed by atoms with Gasteiger partial charge in [0.25, 0.3) is 0 Å². The maximum Gasteiger partial charge on any atom is 0.339 e. The second kappa shape index (κ2) is 8.35. The second-order valence-corrected chi connectivity index (χ2v) is 9.82. The molecule has 5 rings (SSSR count). The topological polar surface area (TPSA) is 65.1 Å². The Morgan fingerprint density at radius 1 is 0.939 bits per heavy atom. The van der Waals surface area contributed by atoms with Crippen molar-refractivity contribution in [1.82, 2.24) is 4.90 Å². The summed E-state index contributed by atoms with van der Waals surface area (Å²) in [5, 5.41) is 0. The molecule has 2 aliphatic heterocycles. The number of hydrogen-bond donors (Lipinski definition) is 0. The van der Waals surface area contributed by atoms with Crippen molar-refractivity contribution >= 4 is 10.1 Å². The van der Waals surface area contributed by atoms with Crippen molar-refractivity contribution in [2.24, 2.45) is 0 Å². The maximum atomic E-state index is 13.6. The molecule has 0 N–H and O–H groups in total. The van der Waals surface area contributed by atoms with E-state index in [9.17, 15) is 12.8 Å². The van der Waals surface area contributed by atoms with Crippen LogP contribution in [0.4, 0.5) is 4.39 Å². The Labute approximate surface area is 192 Å². The zero-order valence-electron chi connectivity index (χ0n) is 18.4. The third kappa shape index (κ3) is 4.05. The van der Waals surface area contributed by atoms with Gasteiger partial charge in [-0.2, -0.15) is 8.42 Å². The van der Waals surface area contributed by atoms with Gasteiger partial charge in [-0.3, -0.25) is 4.90 Å². The monoisotopic (exact) mass is 469 g/mol. The Balaban J connectivity index is 1.49. The molecule has 0 amide bonds. The van der Waals surface area contributed by atoms with E-state index in [1.165, 1.54) is 36.4 Å². The van der Waals surface area contributed by atoms with E-state index in [4.69, 9.17) is 13.7 Å². The molecule has 0 fully saturated rings. The lowest BCUT2D eigenvalue weighted by Crippen LogP contribution is -2.39. The summed E-state index contributed by atoms with van der Waals surface area (Å²) in [6.45, 7) is 1.66. The number of hydrogen-bond acceptors (Lipinski definition) is 6. The van der Waals surface area contributed by atoms with Crippen molar-refractivity contribution in [3.63, 3.8) is 0 Å². The van der Waals surface area contributed by atoms with Gasteiger partial charge in [0.1, 0.15) is 16.5 Å². The van der Waals surface area contributed by atoms with E-state index in [0.29, 0.717) is 5.75 Å². The highest BCUT2D eigenvalue weighted by atomic mass is 32.2. The van der Waals surface area contributed by atoms with Gasteiger partial charge in [-0.1, -0.05) is 12.1 Å². The molecule has 0 spiro atoms. The fraction of sp³-hybridized carbons (Fsp3) is 0.280. The van der Waals surface area contributed by atoms with Crippen LogP contribution >= 0.6 is 0 Å². The number of nitrogens with zero attached hydrogens (tertiary/aromatic N) is 1. The van der Waals surface area contributed by atoms with Crippen molar-refractivity contribution in [2.75, 3.05) is 20.8 Å². The van der Waals surface area contributed by atoms with E-state index < -0.39 is 15.9 Å². The molecule has 3 aromatic carbocycles. The van der Waals surface area contributed by atoms with Crippen LogP contribution in [-0.4, -0.2) is 34.1 Å². The summed E-state index contributed by atoms with van der Waals surface area (Å²) in [5.74, 6) is 0.625. The summed E-state index contributed by atoms with van der Waals surface area (Å²) < 4.78 is 55.4. The lowest BCUT2D eigenvalue weighted by molar-refractivity contribution is 0.160. The summed E-state index contributed by atoms with van der Waals surface area (Å²) >= 11 is 0. The Bertz CT molecular complexity index is 1320. The molecule has 0 saturated carbocycles. The van der Waals surface area contributed by atoms with Crippen molar-refractivity contribution in [1.29, 1.82) is 0 Å². The number of ether oxygens (including phenoxy) is 2. The molecule has 0 radical (unpaired) electrons. The van der Waals surface area contributed by atoms with Crippen LogP contribution in [-0.2, 0) is 29.5 Å². The molecule has 2 aliphatic rings. The number of benzene rings is 3. The molecular weight excluding hydrogens is 445 g/mol. The number of halogens is 1. The van der Waals surface area contributed by atoms with Crippen LogP contribution in [0.25, 0.3) is 0 Å². The SMILES string of the molecule is COc1ccc2c(c1)CCN1Cc3cc(OC)c(OS(=O)(=O)c4cccc(F)c4)cc3CC21. The van der Waals surface area contributed by atoms with Gasteiger partial charge in [-0.05, 0) is 77.6 Å². The number of rotatable bonds is 5. The summed E-state index contributed by atoms with van der Waals surface area (Å²) in [7, 11) is -1.08. The van der Waals surface area contributed by atoms with Crippen LogP contribution in [0.2, 0.25) is 0 Å². The van der Waals surface area contributed by atoms with Crippen LogP contribution in [0.1, 0.15) is 28.3 Å². The van der Waals surface area contributed by atoms with Crippen LogP contribution in [0.5, 0.6) is 17.2 Å². The molecular formula is C25H24FNO5S. The molecule has 6 nitrogen and oxygen atoms in total. The van der Waals surface area contributed by atoms with Gasteiger partial charge in [-0.15, -0.1) is 0 Å². The third-order valence-corrected chi connectivity index (χ3v) is 7.61. The molecule has 0 aromatic heterocycles. The van der Waals surface area contributed by atoms with E-state index in [1.54, 1.807) is 13.2 Å². The molecule has 2 heterocycles. The Kier molecular flexibility index (Phi) is 5.50. The Hall–Kier alpha value is -3.10. The molecule has 8 heteroatoms. The van der Waals surface area contributed by atoms with Crippen molar-refractivity contribution in [2.45, 2.75) is 30.3 Å². The predicted molar refractivity (Wildman–Crippen MR) is 121 cm³/mol. The molecule has 1 atom stereocenters. The predicted octanol–water partition coefficient (Wildman–Crippen LogP) is 4.27. The van der Waals surface area contributed by atoms with E-state index in [2.05, 4.69) is 17.0 Å². The average Bonchev–Trinajstić information content (AvgIpc) is 2.81. The summed E-state index contributed by atoms with van der Waals surface area (Å²) in [4.78, 5) is 2.18. The molecule has 172 valence electrons. The summed E-state index contributed by atoms with van der Waals surface area (Å²) in [5.41, 5.74) is 4.62. The maximum absolute atomic E-state index is 13.6. The Morgan fingerprint density at radius 2 is 1.76 bits per heavy atom. The zero-order chi connectivity index (χ0) is 23.2. The highest BCUT2D eigenvalue weighted by Crippen LogP contribution is 2.42. The van der Waals surface area contributed by atoms with Crippen molar-refractivity contribution in [3.05, 3.63) is 82.7 Å². The molecule has 0 saturated heterocycles. The lowest BCUT2D eigenvalue weighted by Gasteiger charge is -2.41. The first-order chi connectivity index (χ1) is 15.9. The smallest absolute Gasteiger partial charge is 0.339 e. The first-order valence-electron chi connectivity index (χ1n) is 10.7. The largest absolute Gasteiger partial charge is 0.497 e. The molecule has 1 unspecified atom stereocenters. The molecule has 0 bridgehead atoms. The summed E-state index contributed by atoms with van der Waals surface area (Å²) in [6, 6.07) is 14.7. The average molecular weight is 470 g/mol. The fourth-order valence-electron chi connectivity index (χ4n) is 4.72. The molecule has 0 aliphatic carbocycles. The van der Waals surface area contributed by atoms with Crippen LogP contribution in [0, 0.1) is 5.82 Å². The van der Waals surface area contributed by atoms with Gasteiger partial charge in [0.15, 0.2) is 11.5 Å². The third-order valence-electron chi connectivity index (χ3n) is 6.38. The highest BCUT2D eigenvalue weighted by molar-refractivity contribution is 7.87. The minimum absolute atomic E-state index is 0.0970. The Morgan fingerprint density at radius 3 is 2.52 bits per heavy atom. The fourth-order valence-corrected chi connectivity index (χ4v) is 5.68.